The molecule has 2 amide bonds. The zero-order valence-corrected chi connectivity index (χ0v) is 28.5. The van der Waals surface area contributed by atoms with Gasteiger partial charge in [0.05, 0.1) is 25.4 Å². The third kappa shape index (κ3) is 10.3. The fourth-order valence-corrected chi connectivity index (χ4v) is 7.52. The van der Waals surface area contributed by atoms with E-state index in [0.29, 0.717) is 70.6 Å². The number of esters is 1. The first kappa shape index (κ1) is 36.8. The van der Waals surface area contributed by atoms with E-state index in [-0.39, 0.29) is 18.4 Å². The zero-order valence-electron chi connectivity index (χ0n) is 28.5. The maximum absolute atomic E-state index is 14.5. The Morgan fingerprint density at radius 2 is 1.78 bits per heavy atom. The number of alkyl carbamates (subject to hydrolysis) is 1. The molecular formula is C38H54N4O7. The van der Waals surface area contributed by atoms with Gasteiger partial charge < -0.3 is 41.4 Å². The van der Waals surface area contributed by atoms with Gasteiger partial charge >= 0.3 is 12.1 Å². The van der Waals surface area contributed by atoms with Crippen LogP contribution in [0, 0.1) is 11.8 Å². The Morgan fingerprint density at radius 1 is 1.02 bits per heavy atom. The van der Waals surface area contributed by atoms with Gasteiger partial charge in [-0.25, -0.2) is 4.79 Å². The fourth-order valence-electron chi connectivity index (χ4n) is 7.52. The van der Waals surface area contributed by atoms with Crippen LogP contribution in [0.3, 0.4) is 0 Å². The normalized spacial score (nSPS) is 23.1. The van der Waals surface area contributed by atoms with E-state index in [0.717, 1.165) is 42.4 Å². The Kier molecular flexibility index (Phi) is 13.5. The number of rotatable bonds is 16. The third-order valence-electron chi connectivity index (χ3n) is 10.3. The minimum absolute atomic E-state index is 0.0760. The molecule has 11 heteroatoms. The maximum atomic E-state index is 14.5. The minimum Gasteiger partial charge on any atom is -0.444 e. The maximum Gasteiger partial charge on any atom is 0.407 e. The molecule has 0 radical (unpaired) electrons. The van der Waals surface area contributed by atoms with Crippen LogP contribution >= 0.6 is 0 Å². The average molecular weight is 679 g/mol. The van der Waals surface area contributed by atoms with Crippen LogP contribution in [0.15, 0.2) is 54.6 Å². The molecule has 0 unspecified atom stereocenters. The quantitative estimate of drug-likeness (QED) is 0.130. The molecule has 6 atom stereocenters. The number of fused-ring (bicyclic) bond motifs is 1. The van der Waals surface area contributed by atoms with Gasteiger partial charge in [-0.2, -0.15) is 0 Å². The van der Waals surface area contributed by atoms with Crippen molar-refractivity contribution in [2.24, 2.45) is 23.3 Å². The molecular weight excluding hydrogens is 624 g/mol. The molecule has 1 saturated heterocycles. The van der Waals surface area contributed by atoms with E-state index in [2.05, 4.69) is 10.6 Å². The summed E-state index contributed by atoms with van der Waals surface area (Å²) in [5, 5.41) is 17.9. The Morgan fingerprint density at radius 3 is 2.51 bits per heavy atom. The van der Waals surface area contributed by atoms with Gasteiger partial charge in [-0.05, 0) is 62.1 Å². The zero-order chi connectivity index (χ0) is 34.6. The molecule has 1 heterocycles. The second-order valence-electron chi connectivity index (χ2n) is 14.0. The first-order chi connectivity index (χ1) is 23.8. The van der Waals surface area contributed by atoms with E-state index < -0.39 is 41.9 Å². The molecule has 7 N–H and O–H groups in total. The van der Waals surface area contributed by atoms with Crippen molar-refractivity contribution in [1.82, 2.24) is 10.6 Å². The molecule has 5 rings (SSSR count). The van der Waals surface area contributed by atoms with Crippen molar-refractivity contribution < 1.29 is 33.7 Å². The lowest BCUT2D eigenvalue weighted by molar-refractivity contribution is -0.170. The number of ether oxygens (including phenoxy) is 3. The average Bonchev–Trinajstić information content (AvgIpc) is 3.75. The molecule has 0 bridgehead atoms. The van der Waals surface area contributed by atoms with Gasteiger partial charge in [-0.3, -0.25) is 9.59 Å². The Hall–Kier alpha value is -3.51. The summed E-state index contributed by atoms with van der Waals surface area (Å²) in [6.07, 6.45) is 7.10. The summed E-state index contributed by atoms with van der Waals surface area (Å²) >= 11 is 0. The number of carbonyl (C=O) groups is 3. The third-order valence-corrected chi connectivity index (χ3v) is 10.3. The highest BCUT2D eigenvalue weighted by Crippen LogP contribution is 2.39. The summed E-state index contributed by atoms with van der Waals surface area (Å²) in [5.41, 5.74) is 13.1. The number of benzene rings is 2. The number of aryl methyl sites for hydroxylation is 1. The molecule has 11 nitrogen and oxygen atoms in total. The Balaban J connectivity index is 1.37. The van der Waals surface area contributed by atoms with Crippen LogP contribution in [0.25, 0.3) is 0 Å². The molecule has 2 aromatic carbocycles. The van der Waals surface area contributed by atoms with Gasteiger partial charge in [-0.15, -0.1) is 0 Å². The molecule has 2 aliphatic carbocycles. The smallest absolute Gasteiger partial charge is 0.407 e. The van der Waals surface area contributed by atoms with Gasteiger partial charge in [0.25, 0.3) is 0 Å². The number of carbonyl (C=O) groups excluding carboxylic acids is 3. The van der Waals surface area contributed by atoms with Crippen molar-refractivity contribution in [2.45, 2.75) is 113 Å². The largest absolute Gasteiger partial charge is 0.444 e. The van der Waals surface area contributed by atoms with Gasteiger partial charge in [0.2, 0.25) is 11.6 Å². The van der Waals surface area contributed by atoms with Crippen LogP contribution in [0.5, 0.6) is 0 Å². The number of aliphatic hydroxyl groups excluding tert-OH is 1. The van der Waals surface area contributed by atoms with Crippen molar-refractivity contribution in [3.8, 4) is 0 Å². The van der Waals surface area contributed by atoms with Gasteiger partial charge in [0.15, 0.2) is 0 Å². The van der Waals surface area contributed by atoms with Crippen LogP contribution in [-0.4, -0.2) is 67.1 Å². The van der Waals surface area contributed by atoms with E-state index >= 15 is 0 Å². The highest BCUT2D eigenvalue weighted by Gasteiger charge is 2.46. The lowest BCUT2D eigenvalue weighted by Crippen LogP contribution is -2.53. The Bertz CT molecular complexity index is 1360. The Labute approximate surface area is 289 Å². The van der Waals surface area contributed by atoms with Crippen molar-refractivity contribution in [3.63, 3.8) is 0 Å². The lowest BCUT2D eigenvalue weighted by Gasteiger charge is -2.35. The molecule has 2 fully saturated rings. The molecule has 2 aromatic rings. The second-order valence-corrected chi connectivity index (χ2v) is 14.0. The number of amides is 2. The summed E-state index contributed by atoms with van der Waals surface area (Å²) in [6, 6.07) is 15.8. The monoisotopic (exact) mass is 678 g/mol. The molecule has 49 heavy (non-hydrogen) atoms. The predicted molar refractivity (Wildman–Crippen MR) is 185 cm³/mol. The first-order valence-electron chi connectivity index (χ1n) is 18.1. The summed E-state index contributed by atoms with van der Waals surface area (Å²) in [5.74, 6) is -1.31. The van der Waals surface area contributed by atoms with E-state index in [1.807, 2.05) is 54.6 Å². The standard InChI is InChI=1S/C38H54N4O7/c39-20-9-16-32(40)36(45)49-38(19-17-28-14-7-8-15-31(28)38)42-35(44)29(22-26-10-3-1-4-11-26)24-34(43)33(23-27-12-5-2-6-13-27)41-37(46)48-30-18-21-47-25-30/h1,3-4,7-8,10-11,14-15,27,29-30,32-34,43H,2,5-6,9,12-13,16-25,39-40H2,(H,41,46)(H,42,44)/t29-,30+,32-,33+,34+,38+/m1/s1. The number of hydrogen-bond donors (Lipinski definition) is 5. The van der Waals surface area contributed by atoms with Gasteiger partial charge in [0, 0.05) is 24.3 Å². The van der Waals surface area contributed by atoms with Crippen LogP contribution in [0.2, 0.25) is 0 Å². The molecule has 0 aromatic heterocycles. The van der Waals surface area contributed by atoms with Crippen LogP contribution in [-0.2, 0) is 42.4 Å². The molecule has 1 saturated carbocycles. The van der Waals surface area contributed by atoms with E-state index in [9.17, 15) is 19.5 Å². The number of hydrogen-bond acceptors (Lipinski definition) is 9. The van der Waals surface area contributed by atoms with E-state index in [1.165, 1.54) is 6.42 Å². The second kappa shape index (κ2) is 17.9. The molecule has 268 valence electrons. The van der Waals surface area contributed by atoms with Crippen molar-refractivity contribution >= 4 is 18.0 Å². The SMILES string of the molecule is NCCC[C@@H](N)C(=O)O[C@@]1(NC(=O)[C@H](Cc2ccccc2)C[C@H](O)[C@H](CC2CCCCC2)NC(=O)O[C@H]2CCOC2)CCc2ccccc21. The number of nitrogens with one attached hydrogen (secondary N) is 2. The van der Waals surface area contributed by atoms with Crippen LogP contribution in [0.1, 0.15) is 87.3 Å². The summed E-state index contributed by atoms with van der Waals surface area (Å²) in [7, 11) is 0. The van der Waals surface area contributed by atoms with Crippen LogP contribution < -0.4 is 22.1 Å². The molecule has 1 aliphatic heterocycles. The topological polar surface area (TPSA) is 175 Å². The minimum atomic E-state index is -1.40. The highest BCUT2D eigenvalue weighted by molar-refractivity contribution is 5.82. The molecule has 3 aliphatic rings. The predicted octanol–water partition coefficient (Wildman–Crippen LogP) is 3.98. The van der Waals surface area contributed by atoms with Crippen molar-refractivity contribution in [2.75, 3.05) is 19.8 Å². The summed E-state index contributed by atoms with van der Waals surface area (Å²) in [4.78, 5) is 40.8. The number of nitrogens with two attached hydrogens (primary N) is 2. The summed E-state index contributed by atoms with van der Waals surface area (Å²) in [6.45, 7) is 1.30. The van der Waals surface area contributed by atoms with Gasteiger partial charge in [-0.1, -0.05) is 86.7 Å². The summed E-state index contributed by atoms with van der Waals surface area (Å²) < 4.78 is 17.1. The highest BCUT2D eigenvalue weighted by atomic mass is 16.6. The van der Waals surface area contributed by atoms with E-state index in [1.54, 1.807) is 0 Å². The van der Waals surface area contributed by atoms with Crippen molar-refractivity contribution in [3.05, 3.63) is 71.3 Å². The van der Waals surface area contributed by atoms with Gasteiger partial charge in [0.1, 0.15) is 12.1 Å². The van der Waals surface area contributed by atoms with Crippen molar-refractivity contribution in [1.29, 1.82) is 0 Å². The fraction of sp³-hybridized carbons (Fsp3) is 0.605. The van der Waals surface area contributed by atoms with Crippen LogP contribution in [0.4, 0.5) is 4.79 Å². The number of aliphatic hydroxyl groups is 1. The lowest BCUT2D eigenvalue weighted by atomic mass is 9.82. The molecule has 0 spiro atoms. The van der Waals surface area contributed by atoms with E-state index in [4.69, 9.17) is 25.7 Å². The first-order valence-corrected chi connectivity index (χ1v) is 18.1.